The molecule has 2 atom stereocenters. The van der Waals surface area contributed by atoms with Crippen molar-refractivity contribution < 1.29 is 23.5 Å². The highest BCUT2D eigenvalue weighted by Crippen LogP contribution is 2.24. The Balaban J connectivity index is 1.48. The molecule has 33 heavy (non-hydrogen) atoms. The van der Waals surface area contributed by atoms with Crippen LogP contribution in [0.15, 0.2) is 42.7 Å². The van der Waals surface area contributed by atoms with Crippen LogP contribution in [-0.4, -0.2) is 62.7 Å². The van der Waals surface area contributed by atoms with Crippen LogP contribution in [0.2, 0.25) is 0 Å². The van der Waals surface area contributed by atoms with E-state index >= 15 is 0 Å². The van der Waals surface area contributed by atoms with E-state index in [2.05, 4.69) is 15.3 Å². The number of anilines is 1. The van der Waals surface area contributed by atoms with Crippen molar-refractivity contribution in [2.75, 3.05) is 18.4 Å². The summed E-state index contributed by atoms with van der Waals surface area (Å²) in [6.45, 7) is 6.06. The van der Waals surface area contributed by atoms with E-state index in [1.807, 2.05) is 34.9 Å². The van der Waals surface area contributed by atoms with Gasteiger partial charge in [-0.15, -0.1) is 0 Å². The van der Waals surface area contributed by atoms with E-state index in [1.165, 1.54) is 4.90 Å². The van der Waals surface area contributed by atoms with Gasteiger partial charge in [0.15, 0.2) is 0 Å². The molecule has 3 aromatic rings. The minimum Gasteiger partial charge on any atom is -0.463 e. The zero-order valence-electron chi connectivity index (χ0n) is 18.7. The molecule has 1 saturated heterocycles. The SMILES string of the molecule is CC(C)(C)OC(=O)N1C[C@H](Nc2cccc(-c3cnc4cc(COC=O)ccn34)n2)[C@@H](F)C1. The Morgan fingerprint density at radius 2 is 2.12 bits per heavy atom. The summed E-state index contributed by atoms with van der Waals surface area (Å²) in [6.07, 6.45) is 1.75. The average Bonchev–Trinajstić information content (AvgIpc) is 3.34. The summed E-state index contributed by atoms with van der Waals surface area (Å²) in [7, 11) is 0. The average molecular weight is 455 g/mol. The van der Waals surface area contributed by atoms with Gasteiger partial charge < -0.3 is 19.7 Å². The molecule has 0 aliphatic carbocycles. The fourth-order valence-corrected chi connectivity index (χ4v) is 3.66. The number of imidazole rings is 1. The molecular formula is C23H26FN5O4. The number of hydrogen-bond acceptors (Lipinski definition) is 7. The Labute approximate surface area is 190 Å². The third-order valence-corrected chi connectivity index (χ3v) is 5.14. The van der Waals surface area contributed by atoms with Crippen LogP contribution in [0.5, 0.6) is 0 Å². The molecule has 1 amide bonds. The molecule has 0 radical (unpaired) electrons. The van der Waals surface area contributed by atoms with E-state index < -0.39 is 23.9 Å². The Morgan fingerprint density at radius 1 is 1.30 bits per heavy atom. The number of hydrogen-bond donors (Lipinski definition) is 1. The van der Waals surface area contributed by atoms with Gasteiger partial charge in [-0.2, -0.15) is 0 Å². The molecule has 0 spiro atoms. The van der Waals surface area contributed by atoms with Gasteiger partial charge in [-0.1, -0.05) is 6.07 Å². The van der Waals surface area contributed by atoms with Gasteiger partial charge >= 0.3 is 6.09 Å². The minimum atomic E-state index is -1.24. The van der Waals surface area contributed by atoms with Gasteiger partial charge in [-0.05, 0) is 50.6 Å². The summed E-state index contributed by atoms with van der Waals surface area (Å²) in [5, 5.41) is 3.11. The van der Waals surface area contributed by atoms with E-state index in [0.29, 0.717) is 23.6 Å². The number of alkyl halides is 1. The van der Waals surface area contributed by atoms with Crippen molar-refractivity contribution in [3.63, 3.8) is 0 Å². The molecule has 9 nitrogen and oxygen atoms in total. The summed E-state index contributed by atoms with van der Waals surface area (Å²) in [5.74, 6) is 0.497. The molecule has 0 unspecified atom stereocenters. The molecule has 0 bridgehead atoms. The van der Waals surface area contributed by atoms with Crippen LogP contribution in [0.4, 0.5) is 15.0 Å². The number of amides is 1. The lowest BCUT2D eigenvalue weighted by molar-refractivity contribution is -0.129. The van der Waals surface area contributed by atoms with Gasteiger partial charge in [0.1, 0.15) is 29.8 Å². The van der Waals surface area contributed by atoms with E-state index in [1.54, 1.807) is 33.0 Å². The Morgan fingerprint density at radius 3 is 2.88 bits per heavy atom. The lowest BCUT2D eigenvalue weighted by Crippen LogP contribution is -2.36. The number of fused-ring (bicyclic) bond motifs is 1. The maximum Gasteiger partial charge on any atom is 0.410 e. The first kappa shape index (κ1) is 22.5. The van der Waals surface area contributed by atoms with Crippen LogP contribution in [0.25, 0.3) is 17.0 Å². The number of likely N-dealkylation sites (tertiary alicyclic amines) is 1. The lowest BCUT2D eigenvalue weighted by atomic mass is 10.2. The molecule has 4 rings (SSSR count). The zero-order valence-corrected chi connectivity index (χ0v) is 18.7. The van der Waals surface area contributed by atoms with Crippen LogP contribution >= 0.6 is 0 Å². The molecule has 1 N–H and O–H groups in total. The number of aromatic nitrogens is 3. The summed E-state index contributed by atoms with van der Waals surface area (Å²) in [5.41, 5.74) is 2.28. The number of carbonyl (C=O) groups is 2. The second kappa shape index (κ2) is 9.05. The summed E-state index contributed by atoms with van der Waals surface area (Å²) in [6, 6.07) is 8.48. The smallest absolute Gasteiger partial charge is 0.410 e. The first-order chi connectivity index (χ1) is 15.7. The Kier molecular flexibility index (Phi) is 6.17. The maximum atomic E-state index is 14.6. The third-order valence-electron chi connectivity index (χ3n) is 5.14. The van der Waals surface area contributed by atoms with Gasteiger partial charge in [-0.25, -0.2) is 19.2 Å². The lowest BCUT2D eigenvalue weighted by Gasteiger charge is -2.24. The highest BCUT2D eigenvalue weighted by molar-refractivity contribution is 5.69. The van der Waals surface area contributed by atoms with Gasteiger partial charge in [0.2, 0.25) is 0 Å². The molecule has 0 saturated carbocycles. The summed E-state index contributed by atoms with van der Waals surface area (Å²) >= 11 is 0. The predicted octanol–water partition coefficient (Wildman–Crippen LogP) is 3.44. The quantitative estimate of drug-likeness (QED) is 0.569. The largest absolute Gasteiger partial charge is 0.463 e. The van der Waals surface area contributed by atoms with Crippen LogP contribution in [0.1, 0.15) is 26.3 Å². The summed E-state index contributed by atoms with van der Waals surface area (Å²) < 4.78 is 26.7. The zero-order chi connectivity index (χ0) is 23.6. The van der Waals surface area contributed by atoms with Crippen molar-refractivity contribution in [1.82, 2.24) is 19.3 Å². The van der Waals surface area contributed by atoms with Gasteiger partial charge in [0.05, 0.1) is 30.2 Å². The highest BCUT2D eigenvalue weighted by Gasteiger charge is 2.37. The third kappa shape index (κ3) is 5.21. The fraction of sp³-hybridized carbons (Fsp3) is 0.391. The minimum absolute atomic E-state index is 0.0321. The van der Waals surface area contributed by atoms with E-state index in [4.69, 9.17) is 9.47 Å². The Hall–Kier alpha value is -3.69. The number of nitrogens with zero attached hydrogens (tertiary/aromatic N) is 4. The van der Waals surface area contributed by atoms with Crippen molar-refractivity contribution in [3.8, 4) is 11.4 Å². The first-order valence-electron chi connectivity index (χ1n) is 10.6. The normalized spacial score (nSPS) is 18.4. The fourth-order valence-electron chi connectivity index (χ4n) is 3.66. The molecule has 1 fully saturated rings. The van der Waals surface area contributed by atoms with E-state index in [0.717, 1.165) is 11.3 Å². The number of pyridine rings is 2. The molecular weight excluding hydrogens is 429 g/mol. The van der Waals surface area contributed by atoms with Crippen molar-refractivity contribution in [3.05, 3.63) is 48.3 Å². The predicted molar refractivity (Wildman–Crippen MR) is 119 cm³/mol. The monoisotopic (exact) mass is 455 g/mol. The standard InChI is InChI=1S/C23H26FN5O4/c1-23(2,3)33-22(31)28-11-16(24)18(12-28)27-20-6-4-5-17(26-20)19-10-25-21-9-15(13-32-14-30)7-8-29(19)21/h4-10,14,16,18H,11-13H2,1-3H3,(H,26,27)/t16-,18-/m0/s1. The number of halogens is 1. The van der Waals surface area contributed by atoms with E-state index in [9.17, 15) is 14.0 Å². The maximum absolute atomic E-state index is 14.6. The number of carbonyl (C=O) groups excluding carboxylic acids is 2. The van der Waals surface area contributed by atoms with Gasteiger partial charge in [0.25, 0.3) is 6.47 Å². The van der Waals surface area contributed by atoms with Gasteiger partial charge in [0, 0.05) is 12.7 Å². The number of ether oxygens (including phenoxy) is 2. The van der Waals surface area contributed by atoms with Crippen molar-refractivity contribution in [1.29, 1.82) is 0 Å². The van der Waals surface area contributed by atoms with Gasteiger partial charge in [-0.3, -0.25) is 9.20 Å². The molecule has 4 heterocycles. The highest BCUT2D eigenvalue weighted by atomic mass is 19.1. The molecule has 0 aromatic carbocycles. The molecule has 1 aliphatic heterocycles. The topological polar surface area (TPSA) is 98.1 Å². The molecule has 10 heteroatoms. The number of nitrogens with one attached hydrogen (secondary N) is 1. The van der Waals surface area contributed by atoms with Crippen LogP contribution in [-0.2, 0) is 20.9 Å². The second-order valence-corrected chi connectivity index (χ2v) is 8.87. The molecule has 174 valence electrons. The summed E-state index contributed by atoms with van der Waals surface area (Å²) in [4.78, 5) is 33.1. The Bertz CT molecular complexity index is 1160. The van der Waals surface area contributed by atoms with Crippen LogP contribution in [0, 0.1) is 0 Å². The van der Waals surface area contributed by atoms with Crippen molar-refractivity contribution in [2.45, 2.75) is 45.2 Å². The molecule has 3 aromatic heterocycles. The van der Waals surface area contributed by atoms with Crippen molar-refractivity contribution >= 4 is 24.0 Å². The second-order valence-electron chi connectivity index (χ2n) is 8.87. The van der Waals surface area contributed by atoms with Crippen molar-refractivity contribution in [2.24, 2.45) is 0 Å². The van der Waals surface area contributed by atoms with Crippen LogP contribution in [0.3, 0.4) is 0 Å². The van der Waals surface area contributed by atoms with Crippen LogP contribution < -0.4 is 5.32 Å². The number of rotatable bonds is 6. The first-order valence-corrected chi connectivity index (χ1v) is 10.6. The van der Waals surface area contributed by atoms with E-state index in [-0.39, 0.29) is 19.7 Å². The molecule has 1 aliphatic rings.